The highest BCUT2D eigenvalue weighted by molar-refractivity contribution is 7.07. The number of hydrogen-bond donors (Lipinski definition) is 1. The van der Waals surface area contributed by atoms with Crippen LogP contribution >= 0.6 is 11.3 Å². The lowest BCUT2D eigenvalue weighted by molar-refractivity contribution is 0.149. The van der Waals surface area contributed by atoms with E-state index in [2.05, 4.69) is 29.1 Å². The summed E-state index contributed by atoms with van der Waals surface area (Å²) in [5, 5.41) is 7.98. The van der Waals surface area contributed by atoms with Gasteiger partial charge in [-0.2, -0.15) is 11.3 Å². The van der Waals surface area contributed by atoms with Crippen LogP contribution in [0.2, 0.25) is 0 Å². The fourth-order valence-corrected chi connectivity index (χ4v) is 3.02. The zero-order valence-electron chi connectivity index (χ0n) is 10.00. The van der Waals surface area contributed by atoms with Crippen molar-refractivity contribution in [2.75, 3.05) is 26.3 Å². The van der Waals surface area contributed by atoms with E-state index in [0.29, 0.717) is 5.41 Å². The molecule has 16 heavy (non-hydrogen) atoms. The van der Waals surface area contributed by atoms with Crippen LogP contribution in [-0.2, 0) is 11.2 Å². The van der Waals surface area contributed by atoms with E-state index < -0.39 is 0 Å². The first-order valence-electron chi connectivity index (χ1n) is 6.14. The number of rotatable bonds is 6. The molecule has 1 fully saturated rings. The molecule has 90 valence electrons. The van der Waals surface area contributed by atoms with Crippen LogP contribution in [0.5, 0.6) is 0 Å². The van der Waals surface area contributed by atoms with Crippen LogP contribution in [0, 0.1) is 5.41 Å². The van der Waals surface area contributed by atoms with Gasteiger partial charge in [0.15, 0.2) is 0 Å². The van der Waals surface area contributed by atoms with Gasteiger partial charge in [0.05, 0.1) is 6.61 Å². The third-order valence-corrected chi connectivity index (χ3v) is 4.00. The Balaban J connectivity index is 1.92. The van der Waals surface area contributed by atoms with Gasteiger partial charge in [0.2, 0.25) is 0 Å². The quantitative estimate of drug-likeness (QED) is 0.771. The van der Waals surface area contributed by atoms with Gasteiger partial charge in [-0.05, 0) is 48.2 Å². The molecule has 2 nitrogen and oxygen atoms in total. The highest BCUT2D eigenvalue weighted by Gasteiger charge is 2.34. The Morgan fingerprint density at radius 2 is 2.50 bits per heavy atom. The van der Waals surface area contributed by atoms with Gasteiger partial charge in [-0.3, -0.25) is 0 Å². The van der Waals surface area contributed by atoms with Crippen LogP contribution in [0.1, 0.15) is 25.3 Å². The van der Waals surface area contributed by atoms with Crippen LogP contribution in [-0.4, -0.2) is 26.3 Å². The van der Waals surface area contributed by atoms with Crippen LogP contribution < -0.4 is 5.32 Å². The summed E-state index contributed by atoms with van der Waals surface area (Å²) in [7, 11) is 0. The molecule has 0 spiro atoms. The number of thiophene rings is 1. The van der Waals surface area contributed by atoms with Gasteiger partial charge in [0, 0.05) is 18.6 Å². The second kappa shape index (κ2) is 5.80. The van der Waals surface area contributed by atoms with Crippen molar-refractivity contribution in [2.45, 2.75) is 26.2 Å². The lowest BCUT2D eigenvalue weighted by Gasteiger charge is -2.27. The van der Waals surface area contributed by atoms with Crippen molar-refractivity contribution in [3.63, 3.8) is 0 Å². The summed E-state index contributed by atoms with van der Waals surface area (Å²) in [6, 6.07) is 2.24. The molecule has 2 heterocycles. The Hall–Kier alpha value is -0.380. The minimum atomic E-state index is 0.343. The van der Waals surface area contributed by atoms with Gasteiger partial charge in [0.25, 0.3) is 0 Å². The maximum Gasteiger partial charge on any atom is 0.0538 e. The van der Waals surface area contributed by atoms with E-state index in [0.717, 1.165) is 32.7 Å². The Kier molecular flexibility index (Phi) is 4.38. The second-order valence-corrected chi connectivity index (χ2v) is 5.57. The van der Waals surface area contributed by atoms with E-state index in [-0.39, 0.29) is 0 Å². The predicted octanol–water partition coefficient (Wildman–Crippen LogP) is 2.70. The molecule has 0 bridgehead atoms. The summed E-state index contributed by atoms with van der Waals surface area (Å²) in [6.07, 6.45) is 3.56. The molecule has 1 saturated heterocycles. The zero-order valence-corrected chi connectivity index (χ0v) is 10.8. The second-order valence-electron chi connectivity index (χ2n) is 4.79. The van der Waals surface area contributed by atoms with E-state index >= 15 is 0 Å². The molecule has 1 aromatic rings. The maximum absolute atomic E-state index is 5.60. The molecule has 1 unspecified atom stereocenters. The van der Waals surface area contributed by atoms with Crippen LogP contribution in [0.3, 0.4) is 0 Å². The van der Waals surface area contributed by atoms with E-state index in [1.807, 2.05) is 0 Å². The van der Waals surface area contributed by atoms with Crippen molar-refractivity contribution in [1.82, 2.24) is 5.32 Å². The van der Waals surface area contributed by atoms with Crippen molar-refractivity contribution in [2.24, 2.45) is 5.41 Å². The fraction of sp³-hybridized carbons (Fsp3) is 0.692. The van der Waals surface area contributed by atoms with Gasteiger partial charge < -0.3 is 10.1 Å². The average Bonchev–Trinajstić information content (AvgIpc) is 2.91. The number of ether oxygens (including phenoxy) is 1. The van der Waals surface area contributed by atoms with E-state index in [9.17, 15) is 0 Å². The molecule has 3 heteroatoms. The van der Waals surface area contributed by atoms with Crippen molar-refractivity contribution in [3.05, 3.63) is 22.4 Å². The first-order chi connectivity index (χ1) is 7.85. The molecular weight excluding hydrogens is 218 g/mol. The van der Waals surface area contributed by atoms with Gasteiger partial charge >= 0.3 is 0 Å². The number of nitrogens with one attached hydrogen (secondary N) is 1. The summed E-state index contributed by atoms with van der Waals surface area (Å²) in [4.78, 5) is 0. The maximum atomic E-state index is 5.60. The molecule has 1 aliphatic heterocycles. The van der Waals surface area contributed by atoms with Gasteiger partial charge in [0.1, 0.15) is 0 Å². The summed E-state index contributed by atoms with van der Waals surface area (Å²) >= 11 is 1.79. The molecule has 1 aromatic heterocycles. The van der Waals surface area contributed by atoms with Crippen molar-refractivity contribution < 1.29 is 4.74 Å². The summed E-state index contributed by atoms with van der Waals surface area (Å²) < 4.78 is 5.60. The lowest BCUT2D eigenvalue weighted by Crippen LogP contribution is -2.37. The molecule has 0 aliphatic carbocycles. The molecular formula is C13H21NOS. The van der Waals surface area contributed by atoms with Gasteiger partial charge in [-0.15, -0.1) is 0 Å². The Labute approximate surface area is 102 Å². The summed E-state index contributed by atoms with van der Waals surface area (Å²) in [6.45, 7) is 6.27. The Bertz CT molecular complexity index is 291. The molecule has 1 atom stereocenters. The number of hydrogen-bond acceptors (Lipinski definition) is 3. The van der Waals surface area contributed by atoms with E-state index in [1.54, 1.807) is 11.3 Å². The third-order valence-electron chi connectivity index (χ3n) is 3.27. The highest BCUT2D eigenvalue weighted by Crippen LogP contribution is 2.32. The topological polar surface area (TPSA) is 21.3 Å². The summed E-state index contributed by atoms with van der Waals surface area (Å²) in [5.74, 6) is 0. The minimum Gasteiger partial charge on any atom is -0.381 e. The molecule has 0 amide bonds. The zero-order chi connectivity index (χ0) is 11.3. The monoisotopic (exact) mass is 239 g/mol. The molecule has 0 radical (unpaired) electrons. The van der Waals surface area contributed by atoms with Crippen LogP contribution in [0.4, 0.5) is 0 Å². The van der Waals surface area contributed by atoms with Gasteiger partial charge in [-0.25, -0.2) is 0 Å². The molecule has 1 aliphatic rings. The smallest absolute Gasteiger partial charge is 0.0538 e. The Morgan fingerprint density at radius 3 is 3.12 bits per heavy atom. The standard InChI is InChI=1S/C13H21NOS/c1-2-5-14-10-13(4-6-15-11-13)8-12-3-7-16-9-12/h3,7,9,14H,2,4-6,8,10-11H2,1H3. The predicted molar refractivity (Wildman–Crippen MR) is 69.1 cm³/mol. The normalized spacial score (nSPS) is 25.1. The summed E-state index contributed by atoms with van der Waals surface area (Å²) in [5.41, 5.74) is 1.81. The first kappa shape index (κ1) is 12.1. The third kappa shape index (κ3) is 3.06. The molecule has 1 N–H and O–H groups in total. The first-order valence-corrected chi connectivity index (χ1v) is 7.08. The highest BCUT2D eigenvalue weighted by atomic mass is 32.1. The van der Waals surface area contributed by atoms with Crippen LogP contribution in [0.25, 0.3) is 0 Å². The van der Waals surface area contributed by atoms with Crippen molar-refractivity contribution in [1.29, 1.82) is 0 Å². The molecule has 2 rings (SSSR count). The van der Waals surface area contributed by atoms with E-state index in [1.165, 1.54) is 18.4 Å². The van der Waals surface area contributed by atoms with Crippen LogP contribution in [0.15, 0.2) is 16.8 Å². The molecule has 0 saturated carbocycles. The van der Waals surface area contributed by atoms with Crippen molar-refractivity contribution >= 4 is 11.3 Å². The van der Waals surface area contributed by atoms with E-state index in [4.69, 9.17) is 4.74 Å². The Morgan fingerprint density at radius 1 is 1.56 bits per heavy atom. The molecule has 0 aromatic carbocycles. The fourth-order valence-electron chi connectivity index (χ4n) is 2.35. The lowest BCUT2D eigenvalue weighted by atomic mass is 9.81. The minimum absolute atomic E-state index is 0.343. The SMILES string of the molecule is CCCNCC1(Cc2ccsc2)CCOC1. The largest absolute Gasteiger partial charge is 0.381 e. The van der Waals surface area contributed by atoms with Gasteiger partial charge in [-0.1, -0.05) is 6.92 Å². The van der Waals surface area contributed by atoms with Crippen molar-refractivity contribution in [3.8, 4) is 0 Å². The average molecular weight is 239 g/mol.